The van der Waals surface area contributed by atoms with E-state index in [0.29, 0.717) is 5.92 Å². The lowest BCUT2D eigenvalue weighted by Gasteiger charge is -2.16. The van der Waals surface area contributed by atoms with Gasteiger partial charge in [-0.15, -0.1) is 0 Å². The van der Waals surface area contributed by atoms with E-state index in [0.717, 1.165) is 10.6 Å². The van der Waals surface area contributed by atoms with Gasteiger partial charge in [-0.2, -0.15) is 5.10 Å². The number of hydrogen-bond donors (Lipinski definition) is 1. The highest BCUT2D eigenvalue weighted by Crippen LogP contribution is 2.25. The molecule has 3 rings (SSSR count). The van der Waals surface area contributed by atoms with Gasteiger partial charge in [0, 0.05) is 6.21 Å². The first-order chi connectivity index (χ1) is 8.92. The molecule has 3 nitrogen and oxygen atoms in total. The van der Waals surface area contributed by atoms with E-state index in [2.05, 4.69) is 27.8 Å². The third-order valence-electron chi connectivity index (χ3n) is 3.39. The van der Waals surface area contributed by atoms with Crippen molar-refractivity contribution in [3.63, 3.8) is 0 Å². The molecule has 18 heavy (non-hydrogen) atoms. The molecule has 0 bridgehead atoms. The van der Waals surface area contributed by atoms with Crippen LogP contribution in [0, 0.1) is 5.92 Å². The average molecular weight is 259 g/mol. The van der Waals surface area contributed by atoms with E-state index in [-0.39, 0.29) is 0 Å². The zero-order valence-electron chi connectivity index (χ0n) is 10.3. The van der Waals surface area contributed by atoms with Gasteiger partial charge >= 0.3 is 0 Å². The molecule has 0 saturated heterocycles. The minimum absolute atomic E-state index is 0.653. The van der Waals surface area contributed by atoms with Crippen LogP contribution in [0.2, 0.25) is 0 Å². The summed E-state index contributed by atoms with van der Waals surface area (Å²) < 4.78 is 1.20. The number of fused-ring (bicyclic) bond motifs is 1. The monoisotopic (exact) mass is 259 g/mol. The first-order valence-corrected chi connectivity index (χ1v) is 7.38. The quantitative estimate of drug-likeness (QED) is 0.660. The summed E-state index contributed by atoms with van der Waals surface area (Å²) in [6, 6.07) is 8.16. The predicted molar refractivity (Wildman–Crippen MR) is 78.3 cm³/mol. The van der Waals surface area contributed by atoms with E-state index in [9.17, 15) is 0 Å². The van der Waals surface area contributed by atoms with Crippen LogP contribution in [0.4, 0.5) is 5.13 Å². The number of hydrazone groups is 1. The number of para-hydroxylation sites is 1. The van der Waals surface area contributed by atoms with E-state index in [4.69, 9.17) is 0 Å². The Kier molecular flexibility index (Phi) is 3.55. The Labute approximate surface area is 111 Å². The maximum atomic E-state index is 4.49. The van der Waals surface area contributed by atoms with Crippen LogP contribution >= 0.6 is 11.3 Å². The summed E-state index contributed by atoms with van der Waals surface area (Å²) in [5.74, 6) is 0.653. The molecule has 0 aliphatic heterocycles. The number of rotatable bonds is 3. The Morgan fingerprint density at radius 2 is 2.06 bits per heavy atom. The highest BCUT2D eigenvalue weighted by atomic mass is 32.1. The maximum absolute atomic E-state index is 4.49. The van der Waals surface area contributed by atoms with Crippen LogP contribution < -0.4 is 5.43 Å². The SMILES string of the molecule is C(=N/Nc1nc2ccccc2s1)/C1CCCCC1. The molecule has 1 saturated carbocycles. The molecule has 94 valence electrons. The Morgan fingerprint density at radius 3 is 2.89 bits per heavy atom. The topological polar surface area (TPSA) is 37.3 Å². The van der Waals surface area contributed by atoms with Crippen molar-refractivity contribution in [2.75, 3.05) is 5.43 Å². The molecule has 1 aromatic heterocycles. The molecule has 1 aliphatic rings. The van der Waals surface area contributed by atoms with Crippen LogP contribution in [-0.4, -0.2) is 11.2 Å². The van der Waals surface area contributed by atoms with Crippen LogP contribution in [0.3, 0.4) is 0 Å². The second kappa shape index (κ2) is 5.48. The van der Waals surface area contributed by atoms with Crippen molar-refractivity contribution in [2.24, 2.45) is 11.0 Å². The van der Waals surface area contributed by atoms with Crippen molar-refractivity contribution < 1.29 is 0 Å². The summed E-state index contributed by atoms with van der Waals surface area (Å²) in [6.45, 7) is 0. The molecule has 0 unspecified atom stereocenters. The highest BCUT2D eigenvalue weighted by Gasteiger charge is 2.10. The van der Waals surface area contributed by atoms with Gasteiger partial charge in [0.15, 0.2) is 0 Å². The molecule has 4 heteroatoms. The van der Waals surface area contributed by atoms with Gasteiger partial charge in [0.2, 0.25) is 5.13 Å². The Hall–Kier alpha value is -1.42. The molecule has 0 atom stereocenters. The van der Waals surface area contributed by atoms with Gasteiger partial charge in [-0.25, -0.2) is 4.98 Å². The van der Waals surface area contributed by atoms with Crippen molar-refractivity contribution in [3.8, 4) is 0 Å². The lowest BCUT2D eigenvalue weighted by molar-refractivity contribution is 0.445. The fourth-order valence-electron chi connectivity index (χ4n) is 2.40. The molecule has 2 aromatic rings. The smallest absolute Gasteiger partial charge is 0.204 e. The summed E-state index contributed by atoms with van der Waals surface area (Å²) in [7, 11) is 0. The predicted octanol–water partition coefficient (Wildman–Crippen LogP) is 4.27. The zero-order chi connectivity index (χ0) is 12.2. The van der Waals surface area contributed by atoms with Crippen LogP contribution in [0.5, 0.6) is 0 Å². The van der Waals surface area contributed by atoms with Gasteiger partial charge in [0.1, 0.15) is 0 Å². The molecule has 0 amide bonds. The second-order valence-electron chi connectivity index (χ2n) is 4.77. The molecule has 1 heterocycles. The van der Waals surface area contributed by atoms with Crippen molar-refractivity contribution in [2.45, 2.75) is 32.1 Å². The van der Waals surface area contributed by atoms with Crippen LogP contribution in [0.1, 0.15) is 32.1 Å². The van der Waals surface area contributed by atoms with Gasteiger partial charge in [0.25, 0.3) is 0 Å². The van der Waals surface area contributed by atoms with E-state index >= 15 is 0 Å². The van der Waals surface area contributed by atoms with Gasteiger partial charge in [-0.1, -0.05) is 42.7 Å². The van der Waals surface area contributed by atoms with E-state index < -0.39 is 0 Å². The van der Waals surface area contributed by atoms with Gasteiger partial charge < -0.3 is 0 Å². The molecule has 1 fully saturated rings. The summed E-state index contributed by atoms with van der Waals surface area (Å²) in [5.41, 5.74) is 4.10. The van der Waals surface area contributed by atoms with Crippen molar-refractivity contribution in [1.82, 2.24) is 4.98 Å². The standard InChI is InChI=1S/C14H17N3S/c1-2-6-11(7-3-1)10-15-17-14-16-12-8-4-5-9-13(12)18-14/h4-5,8-11H,1-3,6-7H2,(H,16,17)/b15-10-. The van der Waals surface area contributed by atoms with Gasteiger partial charge in [0.05, 0.1) is 10.2 Å². The number of benzene rings is 1. The van der Waals surface area contributed by atoms with Crippen LogP contribution in [0.15, 0.2) is 29.4 Å². The summed E-state index contributed by atoms with van der Waals surface area (Å²) in [5, 5.41) is 5.21. The maximum Gasteiger partial charge on any atom is 0.204 e. The zero-order valence-corrected chi connectivity index (χ0v) is 11.1. The van der Waals surface area contributed by atoms with Crippen molar-refractivity contribution in [1.29, 1.82) is 0 Å². The Bertz CT molecular complexity index is 508. The summed E-state index contributed by atoms with van der Waals surface area (Å²) >= 11 is 1.65. The summed E-state index contributed by atoms with van der Waals surface area (Å²) in [6.07, 6.45) is 8.70. The third kappa shape index (κ3) is 2.70. The van der Waals surface area contributed by atoms with E-state index in [1.54, 1.807) is 11.3 Å². The first kappa shape index (κ1) is 11.7. The van der Waals surface area contributed by atoms with E-state index in [1.807, 2.05) is 18.2 Å². The lowest BCUT2D eigenvalue weighted by atomic mass is 9.90. The number of nitrogens with zero attached hydrogens (tertiary/aromatic N) is 2. The average Bonchev–Trinajstić information content (AvgIpc) is 2.82. The van der Waals surface area contributed by atoms with Crippen molar-refractivity contribution >= 4 is 32.9 Å². The van der Waals surface area contributed by atoms with Crippen LogP contribution in [-0.2, 0) is 0 Å². The number of hydrogen-bond acceptors (Lipinski definition) is 4. The molecule has 0 radical (unpaired) electrons. The normalized spacial score (nSPS) is 17.6. The van der Waals surface area contributed by atoms with E-state index in [1.165, 1.54) is 36.8 Å². The lowest BCUT2D eigenvalue weighted by Crippen LogP contribution is -2.08. The number of thiazole rings is 1. The first-order valence-electron chi connectivity index (χ1n) is 6.56. The third-order valence-corrected chi connectivity index (χ3v) is 4.33. The fraction of sp³-hybridized carbons (Fsp3) is 0.429. The van der Waals surface area contributed by atoms with Gasteiger partial charge in [-0.05, 0) is 30.9 Å². The number of anilines is 1. The molecular weight excluding hydrogens is 242 g/mol. The van der Waals surface area contributed by atoms with Gasteiger partial charge in [-0.3, -0.25) is 5.43 Å². The highest BCUT2D eigenvalue weighted by molar-refractivity contribution is 7.22. The van der Waals surface area contributed by atoms with Crippen LogP contribution in [0.25, 0.3) is 10.2 Å². The number of nitrogens with one attached hydrogen (secondary N) is 1. The molecular formula is C14H17N3S. The fourth-order valence-corrected chi connectivity index (χ4v) is 3.22. The molecule has 0 spiro atoms. The minimum Gasteiger partial charge on any atom is -0.253 e. The molecule has 1 aromatic carbocycles. The molecule has 1 aliphatic carbocycles. The number of aromatic nitrogens is 1. The largest absolute Gasteiger partial charge is 0.253 e. The minimum atomic E-state index is 0.653. The van der Waals surface area contributed by atoms with Crippen molar-refractivity contribution in [3.05, 3.63) is 24.3 Å². The second-order valence-corrected chi connectivity index (χ2v) is 5.81. The molecule has 1 N–H and O–H groups in total. The Balaban J connectivity index is 1.63. The Morgan fingerprint density at radius 1 is 1.22 bits per heavy atom. The summed E-state index contributed by atoms with van der Waals surface area (Å²) in [4.78, 5) is 4.49.